The molecule has 1 aliphatic rings. The number of aliphatic hydroxyl groups excluding tert-OH is 1. The molecule has 4 aromatic heterocycles. The summed E-state index contributed by atoms with van der Waals surface area (Å²) in [5.74, 6) is 0.663. The van der Waals surface area contributed by atoms with Crippen molar-refractivity contribution in [2.75, 3.05) is 25.6 Å². The van der Waals surface area contributed by atoms with Gasteiger partial charge < -0.3 is 20.5 Å². The molecule has 4 aromatic rings. The van der Waals surface area contributed by atoms with Crippen molar-refractivity contribution in [2.45, 2.75) is 31.9 Å². The standard InChI is InChI=1S/C22H25N7O3/c1-12(2)13-4-5-17(28-7-6-24-20(13)28)15-8-19(23-3)29-21(26-15)14(9-25-29)22(31)27-16-10-32-11-18(16)30/h4-9,12,16,18,23,30H,10-11H2,1-3H3,(H,27,31)/t16-,18?/m0/s1. The number of hydrogen-bond acceptors (Lipinski definition) is 7. The first-order valence-corrected chi connectivity index (χ1v) is 10.6. The number of anilines is 1. The van der Waals surface area contributed by atoms with E-state index in [-0.39, 0.29) is 19.1 Å². The van der Waals surface area contributed by atoms with Crippen LogP contribution >= 0.6 is 0 Å². The van der Waals surface area contributed by atoms with Crippen LogP contribution < -0.4 is 10.6 Å². The Labute approximate surface area is 184 Å². The molecule has 10 heteroatoms. The van der Waals surface area contributed by atoms with Crippen molar-refractivity contribution >= 4 is 23.0 Å². The number of nitrogens with zero attached hydrogens (tertiary/aromatic N) is 5. The zero-order valence-corrected chi connectivity index (χ0v) is 18.1. The second-order valence-corrected chi connectivity index (χ2v) is 8.20. The van der Waals surface area contributed by atoms with Gasteiger partial charge in [0.25, 0.3) is 5.91 Å². The number of ether oxygens (including phenoxy) is 1. The molecule has 0 aliphatic carbocycles. The molecule has 0 radical (unpaired) electrons. The first-order chi connectivity index (χ1) is 15.5. The van der Waals surface area contributed by atoms with E-state index in [2.05, 4.69) is 40.6 Å². The van der Waals surface area contributed by atoms with E-state index in [9.17, 15) is 9.90 Å². The van der Waals surface area contributed by atoms with Crippen LogP contribution in [0.1, 0.15) is 35.7 Å². The summed E-state index contributed by atoms with van der Waals surface area (Å²) in [6, 6.07) is 5.52. The van der Waals surface area contributed by atoms with Crippen LogP contribution in [0.5, 0.6) is 0 Å². The van der Waals surface area contributed by atoms with Crippen LogP contribution in [-0.4, -0.2) is 67.4 Å². The number of aromatic nitrogens is 5. The van der Waals surface area contributed by atoms with Gasteiger partial charge in [-0.1, -0.05) is 19.9 Å². The Bertz CT molecular complexity index is 1310. The fraction of sp³-hybridized carbons (Fsp3) is 0.364. The smallest absolute Gasteiger partial charge is 0.257 e. The minimum atomic E-state index is -0.730. The third-order valence-electron chi connectivity index (χ3n) is 5.80. The van der Waals surface area contributed by atoms with Crippen molar-refractivity contribution in [3.63, 3.8) is 0 Å². The van der Waals surface area contributed by atoms with Gasteiger partial charge in [0.15, 0.2) is 5.65 Å². The molecule has 5 rings (SSSR count). The van der Waals surface area contributed by atoms with Crippen LogP contribution in [0, 0.1) is 0 Å². The minimum Gasteiger partial charge on any atom is -0.388 e. The lowest BCUT2D eigenvalue weighted by atomic mass is 10.0. The third-order valence-corrected chi connectivity index (χ3v) is 5.80. The first kappa shape index (κ1) is 20.4. The second-order valence-electron chi connectivity index (χ2n) is 8.20. The minimum absolute atomic E-state index is 0.208. The van der Waals surface area contributed by atoms with Crippen LogP contribution in [0.2, 0.25) is 0 Å². The van der Waals surface area contributed by atoms with Gasteiger partial charge in [-0.15, -0.1) is 0 Å². The lowest BCUT2D eigenvalue weighted by Gasteiger charge is -2.15. The Kier molecular flexibility index (Phi) is 5.03. The fourth-order valence-electron chi connectivity index (χ4n) is 4.05. The fourth-order valence-corrected chi connectivity index (χ4v) is 4.05. The summed E-state index contributed by atoms with van der Waals surface area (Å²) in [6.45, 7) is 4.75. The topological polar surface area (TPSA) is 118 Å². The molecule has 0 bridgehead atoms. The predicted octanol–water partition coefficient (Wildman–Crippen LogP) is 1.70. The normalized spacial score (nSPS) is 18.7. The van der Waals surface area contributed by atoms with Crippen molar-refractivity contribution in [3.8, 4) is 11.4 Å². The first-order valence-electron chi connectivity index (χ1n) is 10.6. The number of nitrogens with one attached hydrogen (secondary N) is 2. The highest BCUT2D eigenvalue weighted by molar-refractivity contribution is 6.00. The molecule has 1 amide bonds. The maximum Gasteiger partial charge on any atom is 0.257 e. The summed E-state index contributed by atoms with van der Waals surface area (Å²) < 4.78 is 8.83. The van der Waals surface area contributed by atoms with Crippen LogP contribution in [0.15, 0.2) is 36.8 Å². The molecule has 1 fully saturated rings. The quantitative estimate of drug-likeness (QED) is 0.437. The molecular formula is C22H25N7O3. The van der Waals surface area contributed by atoms with E-state index >= 15 is 0 Å². The number of hydrogen-bond donors (Lipinski definition) is 3. The zero-order valence-electron chi connectivity index (χ0n) is 18.1. The molecule has 0 aromatic carbocycles. The van der Waals surface area contributed by atoms with E-state index in [1.54, 1.807) is 17.8 Å². The molecule has 0 spiro atoms. The van der Waals surface area contributed by atoms with Crippen LogP contribution in [0.25, 0.3) is 22.7 Å². The van der Waals surface area contributed by atoms with E-state index in [4.69, 9.17) is 9.72 Å². The third kappa shape index (κ3) is 3.28. The number of aliphatic hydroxyl groups is 1. The highest BCUT2D eigenvalue weighted by atomic mass is 16.5. The van der Waals surface area contributed by atoms with E-state index in [1.165, 1.54) is 6.20 Å². The van der Waals surface area contributed by atoms with Crippen molar-refractivity contribution < 1.29 is 14.6 Å². The van der Waals surface area contributed by atoms with Gasteiger partial charge in [0.05, 0.1) is 42.9 Å². The average molecular weight is 435 g/mol. The van der Waals surface area contributed by atoms with Crippen molar-refractivity contribution in [1.29, 1.82) is 0 Å². The van der Waals surface area contributed by atoms with Gasteiger partial charge in [0.2, 0.25) is 0 Å². The predicted molar refractivity (Wildman–Crippen MR) is 119 cm³/mol. The van der Waals surface area contributed by atoms with Gasteiger partial charge in [0, 0.05) is 25.5 Å². The number of rotatable bonds is 5. The highest BCUT2D eigenvalue weighted by Gasteiger charge is 2.29. The van der Waals surface area contributed by atoms with Crippen molar-refractivity contribution in [3.05, 3.63) is 47.9 Å². The number of fused-ring (bicyclic) bond motifs is 2. The van der Waals surface area contributed by atoms with Gasteiger partial charge in [0.1, 0.15) is 17.0 Å². The Morgan fingerprint density at radius 1 is 1.28 bits per heavy atom. The van der Waals surface area contributed by atoms with Crippen molar-refractivity contribution in [2.24, 2.45) is 0 Å². The number of carbonyl (C=O) groups is 1. The molecule has 1 saturated heterocycles. The largest absolute Gasteiger partial charge is 0.388 e. The average Bonchev–Trinajstić information content (AvgIpc) is 3.52. The molecule has 32 heavy (non-hydrogen) atoms. The summed E-state index contributed by atoms with van der Waals surface area (Å²) in [5.41, 5.74) is 4.30. The van der Waals surface area contributed by atoms with Crippen LogP contribution in [0.4, 0.5) is 5.82 Å². The van der Waals surface area contributed by atoms with Gasteiger partial charge in [-0.05, 0) is 17.5 Å². The van der Waals surface area contributed by atoms with E-state index in [1.807, 2.05) is 22.7 Å². The summed E-state index contributed by atoms with van der Waals surface area (Å²) in [4.78, 5) is 22.3. The molecule has 5 heterocycles. The van der Waals surface area contributed by atoms with Crippen LogP contribution in [-0.2, 0) is 4.74 Å². The van der Waals surface area contributed by atoms with Gasteiger partial charge in [-0.2, -0.15) is 9.61 Å². The summed E-state index contributed by atoms with van der Waals surface area (Å²) >= 11 is 0. The number of amides is 1. The van der Waals surface area contributed by atoms with E-state index in [0.29, 0.717) is 28.6 Å². The lowest BCUT2D eigenvalue weighted by molar-refractivity contribution is 0.0888. The monoisotopic (exact) mass is 435 g/mol. The summed E-state index contributed by atoms with van der Waals surface area (Å²) in [5, 5.41) is 20.3. The summed E-state index contributed by atoms with van der Waals surface area (Å²) in [7, 11) is 1.79. The maximum atomic E-state index is 13.0. The van der Waals surface area contributed by atoms with E-state index in [0.717, 1.165) is 16.9 Å². The lowest BCUT2D eigenvalue weighted by Crippen LogP contribution is -2.42. The summed E-state index contributed by atoms with van der Waals surface area (Å²) in [6.07, 6.45) is 4.44. The Morgan fingerprint density at radius 2 is 2.12 bits per heavy atom. The van der Waals surface area contributed by atoms with E-state index < -0.39 is 12.1 Å². The number of carbonyl (C=O) groups excluding carboxylic acids is 1. The van der Waals surface area contributed by atoms with Gasteiger partial charge in [-0.25, -0.2) is 9.97 Å². The molecule has 166 valence electrons. The molecule has 10 nitrogen and oxygen atoms in total. The molecule has 3 N–H and O–H groups in total. The van der Waals surface area contributed by atoms with Gasteiger partial charge >= 0.3 is 0 Å². The molecule has 2 atom stereocenters. The SMILES string of the molecule is CNc1cc(-c2ccc(C(C)C)c3nccn23)nc2c(C(=O)N[C@H]3COCC3O)cnn12. The second kappa shape index (κ2) is 7.88. The molecule has 1 unspecified atom stereocenters. The maximum absolute atomic E-state index is 13.0. The Balaban J connectivity index is 1.62. The number of imidazole rings is 1. The van der Waals surface area contributed by atoms with Gasteiger partial charge in [-0.3, -0.25) is 9.20 Å². The zero-order chi connectivity index (χ0) is 22.4. The van der Waals surface area contributed by atoms with Crippen molar-refractivity contribution in [1.82, 2.24) is 29.3 Å². The molecule has 0 saturated carbocycles. The molecule has 1 aliphatic heterocycles. The number of pyridine rings is 1. The Hall–Kier alpha value is -3.50. The Morgan fingerprint density at radius 3 is 2.84 bits per heavy atom. The highest BCUT2D eigenvalue weighted by Crippen LogP contribution is 2.28. The van der Waals surface area contributed by atoms with Crippen LogP contribution in [0.3, 0.4) is 0 Å². The molecular weight excluding hydrogens is 410 g/mol.